The number of carbonyl (C=O) groups excluding carboxylic acids is 2. The topological polar surface area (TPSA) is 171 Å². The van der Waals surface area contributed by atoms with Gasteiger partial charge in [-0.2, -0.15) is 0 Å². The number of pyridine rings is 1. The number of aryl methyl sites for hydroxylation is 1. The fourth-order valence-electron chi connectivity index (χ4n) is 5.35. The normalized spacial score (nSPS) is 11.5. The highest BCUT2D eigenvalue weighted by Crippen LogP contribution is 2.37. The molecule has 0 saturated carbocycles. The number of nitrogens with zero attached hydrogens (tertiary/aromatic N) is 3. The third-order valence-corrected chi connectivity index (χ3v) is 9.26. The van der Waals surface area contributed by atoms with Crippen LogP contribution >= 0.6 is 0 Å². The van der Waals surface area contributed by atoms with Gasteiger partial charge in [-0.25, -0.2) is 36.9 Å². The van der Waals surface area contributed by atoms with Gasteiger partial charge in [0.05, 0.1) is 18.5 Å². The molecule has 0 saturated heterocycles. The standard InChI is InChI=1S/C39H34F2N6O7S/c1-22-28-16-24(25-17-32(37(52-5)42-20-25)47-55(50,51)34-15-12-26(40)19-29(34)41)18-33(35(28)44-21-43-22)53-27-13-10-23(11-14-27)36(48)45-30-8-6-7-9-31(30)46-38(49)54-39(2,3)4/h6-21,47H,1-5H3,(H,45,48)(H,46,49). The van der Waals surface area contributed by atoms with Crippen LogP contribution in [0.4, 0.5) is 30.6 Å². The molecule has 4 aromatic carbocycles. The van der Waals surface area contributed by atoms with Crippen LogP contribution in [0.2, 0.25) is 0 Å². The SMILES string of the molecule is COc1ncc(-c2cc(Oc3ccc(C(=O)Nc4ccccc4NC(=O)OC(C)(C)C)cc3)c3ncnc(C)c3c2)cc1NS(=O)(=O)c1ccc(F)cc1F. The predicted octanol–water partition coefficient (Wildman–Crippen LogP) is 8.48. The minimum atomic E-state index is -4.53. The van der Waals surface area contributed by atoms with Crippen LogP contribution in [0.25, 0.3) is 22.0 Å². The molecular weight excluding hydrogens is 735 g/mol. The van der Waals surface area contributed by atoms with Crippen molar-refractivity contribution in [2.45, 2.75) is 38.2 Å². The lowest BCUT2D eigenvalue weighted by Crippen LogP contribution is -2.27. The molecule has 6 rings (SSSR count). The summed E-state index contributed by atoms with van der Waals surface area (Å²) in [7, 11) is -3.24. The van der Waals surface area contributed by atoms with Crippen molar-refractivity contribution >= 4 is 50.0 Å². The van der Waals surface area contributed by atoms with Crippen molar-refractivity contribution in [2.75, 3.05) is 22.5 Å². The summed E-state index contributed by atoms with van der Waals surface area (Å²) in [5.74, 6) is -2.07. The highest BCUT2D eigenvalue weighted by Gasteiger charge is 2.23. The summed E-state index contributed by atoms with van der Waals surface area (Å²) in [6.45, 7) is 7.02. The number of fused-ring (bicyclic) bond motifs is 1. The van der Waals surface area contributed by atoms with Crippen LogP contribution in [0, 0.1) is 18.6 Å². The Hall–Kier alpha value is -6.68. The predicted molar refractivity (Wildman–Crippen MR) is 202 cm³/mol. The maximum absolute atomic E-state index is 14.5. The largest absolute Gasteiger partial charge is 0.480 e. The first-order valence-corrected chi connectivity index (χ1v) is 18.0. The molecule has 0 unspecified atom stereocenters. The third-order valence-electron chi connectivity index (χ3n) is 7.86. The lowest BCUT2D eigenvalue weighted by Gasteiger charge is -2.20. The lowest BCUT2D eigenvalue weighted by atomic mass is 10.0. The summed E-state index contributed by atoms with van der Waals surface area (Å²) in [6, 6.07) is 20.1. The molecule has 0 fully saturated rings. The number of methoxy groups -OCH3 is 1. The number of rotatable bonds is 10. The second kappa shape index (κ2) is 15.4. The number of hydrogen-bond acceptors (Lipinski definition) is 10. The summed E-state index contributed by atoms with van der Waals surface area (Å²) in [6.07, 6.45) is 2.18. The van der Waals surface area contributed by atoms with Gasteiger partial charge in [0.15, 0.2) is 5.75 Å². The number of carbonyl (C=O) groups is 2. The summed E-state index contributed by atoms with van der Waals surface area (Å²) in [4.78, 5) is 37.8. The molecule has 0 aliphatic rings. The number of ether oxygens (including phenoxy) is 3. The molecule has 6 aromatic rings. The van der Waals surface area contributed by atoms with Crippen LogP contribution in [0.15, 0.2) is 102 Å². The zero-order valence-electron chi connectivity index (χ0n) is 30.1. The Morgan fingerprint density at radius 3 is 2.18 bits per heavy atom. The minimum Gasteiger partial charge on any atom is -0.480 e. The van der Waals surface area contributed by atoms with Crippen molar-refractivity contribution in [1.29, 1.82) is 0 Å². The van der Waals surface area contributed by atoms with Crippen molar-refractivity contribution in [3.8, 4) is 28.5 Å². The van der Waals surface area contributed by atoms with Gasteiger partial charge in [-0.15, -0.1) is 0 Å². The van der Waals surface area contributed by atoms with Gasteiger partial charge in [0.25, 0.3) is 15.9 Å². The first-order valence-electron chi connectivity index (χ1n) is 16.6. The van der Waals surface area contributed by atoms with E-state index in [0.717, 1.165) is 12.1 Å². The lowest BCUT2D eigenvalue weighted by molar-refractivity contribution is 0.0635. The van der Waals surface area contributed by atoms with E-state index in [1.54, 1.807) is 88.4 Å². The van der Waals surface area contributed by atoms with Crippen LogP contribution in [0.1, 0.15) is 36.8 Å². The highest BCUT2D eigenvalue weighted by atomic mass is 32.2. The number of aromatic nitrogens is 3. The van der Waals surface area contributed by atoms with E-state index < -0.39 is 44.2 Å². The van der Waals surface area contributed by atoms with Crippen LogP contribution < -0.4 is 24.8 Å². The van der Waals surface area contributed by atoms with E-state index in [1.807, 2.05) is 0 Å². The molecule has 2 amide bonds. The van der Waals surface area contributed by atoms with E-state index in [1.165, 1.54) is 25.7 Å². The number of amides is 2. The Morgan fingerprint density at radius 2 is 1.51 bits per heavy atom. The molecule has 0 atom stereocenters. The number of nitrogens with one attached hydrogen (secondary N) is 3. The highest BCUT2D eigenvalue weighted by molar-refractivity contribution is 7.92. The number of para-hydroxylation sites is 2. The Balaban J connectivity index is 1.27. The zero-order chi connectivity index (χ0) is 39.5. The molecule has 0 bridgehead atoms. The summed E-state index contributed by atoms with van der Waals surface area (Å²) >= 11 is 0. The van der Waals surface area contributed by atoms with Crippen molar-refractivity contribution in [3.05, 3.63) is 120 Å². The zero-order valence-corrected chi connectivity index (χ0v) is 30.9. The number of hydrogen-bond donors (Lipinski definition) is 3. The molecule has 0 spiro atoms. The third kappa shape index (κ3) is 8.93. The van der Waals surface area contributed by atoms with Gasteiger partial charge in [-0.3, -0.25) is 14.8 Å². The average Bonchev–Trinajstić information content (AvgIpc) is 3.12. The van der Waals surface area contributed by atoms with Gasteiger partial charge in [0.2, 0.25) is 5.88 Å². The molecule has 16 heteroatoms. The summed E-state index contributed by atoms with van der Waals surface area (Å²) in [5.41, 5.74) is 2.25. The summed E-state index contributed by atoms with van der Waals surface area (Å²) < 4.78 is 73.4. The molecule has 3 N–H and O–H groups in total. The monoisotopic (exact) mass is 768 g/mol. The van der Waals surface area contributed by atoms with E-state index >= 15 is 0 Å². The first-order chi connectivity index (χ1) is 26.1. The van der Waals surface area contributed by atoms with E-state index in [0.29, 0.717) is 62.2 Å². The minimum absolute atomic E-state index is 0.0986. The second-order valence-electron chi connectivity index (χ2n) is 13.0. The quantitative estimate of drug-likeness (QED) is 0.123. The average molecular weight is 769 g/mol. The Kier molecular flexibility index (Phi) is 10.6. The van der Waals surface area contributed by atoms with Gasteiger partial charge >= 0.3 is 6.09 Å². The molecule has 2 heterocycles. The van der Waals surface area contributed by atoms with Gasteiger partial charge in [0, 0.05) is 34.5 Å². The van der Waals surface area contributed by atoms with Crippen LogP contribution in [-0.2, 0) is 14.8 Å². The molecular formula is C39H34F2N6O7S. The molecule has 282 valence electrons. The fraction of sp³-hybridized carbons (Fsp3) is 0.154. The molecule has 55 heavy (non-hydrogen) atoms. The maximum atomic E-state index is 14.5. The molecule has 0 radical (unpaired) electrons. The van der Waals surface area contributed by atoms with Crippen LogP contribution in [0.5, 0.6) is 17.4 Å². The van der Waals surface area contributed by atoms with Crippen molar-refractivity contribution in [2.24, 2.45) is 0 Å². The summed E-state index contributed by atoms with van der Waals surface area (Å²) in [5, 5.41) is 6.08. The number of sulfonamides is 1. The van der Waals surface area contributed by atoms with Crippen LogP contribution in [-0.4, -0.2) is 48.1 Å². The van der Waals surface area contributed by atoms with E-state index in [4.69, 9.17) is 14.2 Å². The number of halogens is 2. The van der Waals surface area contributed by atoms with Crippen molar-refractivity contribution < 1.29 is 41.0 Å². The Morgan fingerprint density at radius 1 is 0.800 bits per heavy atom. The maximum Gasteiger partial charge on any atom is 0.412 e. The fourth-order valence-corrected chi connectivity index (χ4v) is 6.46. The number of benzene rings is 4. The van der Waals surface area contributed by atoms with Gasteiger partial charge in [0.1, 0.15) is 45.4 Å². The molecule has 0 aliphatic heterocycles. The smallest absolute Gasteiger partial charge is 0.412 e. The van der Waals surface area contributed by atoms with Gasteiger partial charge in [-0.05, 0) is 100.0 Å². The van der Waals surface area contributed by atoms with Crippen molar-refractivity contribution in [1.82, 2.24) is 15.0 Å². The Bertz CT molecular complexity index is 2550. The van der Waals surface area contributed by atoms with E-state index in [-0.39, 0.29) is 11.6 Å². The van der Waals surface area contributed by atoms with Gasteiger partial charge in [-0.1, -0.05) is 12.1 Å². The van der Waals surface area contributed by atoms with Gasteiger partial charge < -0.3 is 19.5 Å². The molecule has 2 aromatic heterocycles. The second-order valence-corrected chi connectivity index (χ2v) is 14.7. The number of anilines is 3. The Labute approximate surface area is 314 Å². The van der Waals surface area contributed by atoms with Crippen molar-refractivity contribution in [3.63, 3.8) is 0 Å². The molecule has 0 aliphatic carbocycles. The van der Waals surface area contributed by atoms with E-state index in [2.05, 4.69) is 30.3 Å². The van der Waals surface area contributed by atoms with E-state index in [9.17, 15) is 26.8 Å². The first kappa shape index (κ1) is 38.1. The molecule has 13 nitrogen and oxygen atoms in total. The van der Waals surface area contributed by atoms with Crippen LogP contribution in [0.3, 0.4) is 0 Å².